The van der Waals surface area contributed by atoms with Crippen LogP contribution in [0.3, 0.4) is 0 Å². The Balaban J connectivity index is 1.39. The lowest BCUT2D eigenvalue weighted by Gasteiger charge is -2.12. The Morgan fingerprint density at radius 1 is 0.429 bits per heavy atom. The molecule has 12 aromatic rings. The van der Waals surface area contributed by atoms with E-state index < -0.39 is 0 Å². The van der Waals surface area contributed by atoms with E-state index in [2.05, 4.69) is 155 Å². The van der Waals surface area contributed by atoms with Gasteiger partial charge < -0.3 is 4.40 Å². The second kappa shape index (κ2) is 9.19. The molecule has 5 heteroatoms. The highest BCUT2D eigenvalue weighted by Crippen LogP contribution is 2.49. The summed E-state index contributed by atoms with van der Waals surface area (Å²) in [4.78, 5) is 10.7. The summed E-state index contributed by atoms with van der Waals surface area (Å²) in [7, 11) is 0. The van der Waals surface area contributed by atoms with Gasteiger partial charge in [-0.3, -0.25) is 4.57 Å². The molecule has 7 aromatic carbocycles. The standard InChI is InChI=1S/C44H24N4S/c1-2-12-25(13-3-1)42-28-15-4-7-19-31(28)45-44(46-42)48-34-22-11-21-33-40(34)41-35(48)24-37-38(29-16-6-9-23-36(29)49-37)39(41)30-18-10-17-27-26-14-5-8-20-32(26)47(33)43(27)30/h1-24H. The first-order chi connectivity index (χ1) is 24.3. The number of nitrogens with zero attached hydrogens (tertiary/aromatic N) is 4. The number of para-hydroxylation sites is 3. The summed E-state index contributed by atoms with van der Waals surface area (Å²) in [6, 6.07) is 52.5. The van der Waals surface area contributed by atoms with Crippen molar-refractivity contribution >= 4 is 102 Å². The number of thiophene rings is 1. The fraction of sp³-hybridized carbons (Fsp3) is 0. The fourth-order valence-corrected chi connectivity index (χ4v) is 9.67. The minimum Gasteiger partial charge on any atom is -0.308 e. The van der Waals surface area contributed by atoms with Crippen LogP contribution in [0.1, 0.15) is 0 Å². The van der Waals surface area contributed by atoms with E-state index >= 15 is 0 Å². The summed E-state index contributed by atoms with van der Waals surface area (Å²) in [6.07, 6.45) is 0. The Morgan fingerprint density at radius 3 is 2.04 bits per heavy atom. The molecule has 0 saturated carbocycles. The highest BCUT2D eigenvalue weighted by atomic mass is 32.1. The van der Waals surface area contributed by atoms with Crippen molar-refractivity contribution in [2.75, 3.05) is 0 Å². The van der Waals surface area contributed by atoms with Gasteiger partial charge in [0.05, 0.1) is 38.8 Å². The summed E-state index contributed by atoms with van der Waals surface area (Å²) < 4.78 is 7.38. The Labute approximate surface area is 283 Å². The predicted octanol–water partition coefficient (Wildman–Crippen LogP) is 11.9. The van der Waals surface area contributed by atoms with Crippen LogP contribution in [0.25, 0.3) is 108 Å². The second-order valence-corrected chi connectivity index (χ2v) is 14.0. The van der Waals surface area contributed by atoms with E-state index in [0.29, 0.717) is 5.95 Å². The molecule has 4 nitrogen and oxygen atoms in total. The van der Waals surface area contributed by atoms with E-state index in [1.54, 1.807) is 0 Å². The maximum atomic E-state index is 5.41. The maximum Gasteiger partial charge on any atom is 0.235 e. The van der Waals surface area contributed by atoms with Gasteiger partial charge in [0.25, 0.3) is 0 Å². The molecule has 0 amide bonds. The number of hydrogen-bond acceptors (Lipinski definition) is 3. The number of hydrogen-bond donors (Lipinski definition) is 0. The number of fused-ring (bicyclic) bond motifs is 10. The predicted molar refractivity (Wildman–Crippen MR) is 207 cm³/mol. The minimum absolute atomic E-state index is 0.678. The van der Waals surface area contributed by atoms with Crippen molar-refractivity contribution in [1.29, 1.82) is 0 Å². The molecule has 0 saturated heterocycles. The molecular formula is C44H24N4S. The SMILES string of the molecule is c1ccc(-c2nc(-n3c4cc5sc6ccccc6c5c5c6cccc7c8ccccc8n(c8cccc3c8c54)c76)nc3ccccc23)cc1. The van der Waals surface area contributed by atoms with Crippen LogP contribution in [0, 0.1) is 0 Å². The van der Waals surface area contributed by atoms with Gasteiger partial charge in [-0.25, -0.2) is 9.97 Å². The molecule has 0 N–H and O–H groups in total. The average molecular weight is 641 g/mol. The van der Waals surface area contributed by atoms with Crippen molar-refractivity contribution in [2.24, 2.45) is 0 Å². The molecule has 0 aliphatic carbocycles. The average Bonchev–Trinajstić information content (AvgIpc) is 3.78. The van der Waals surface area contributed by atoms with Gasteiger partial charge in [0.15, 0.2) is 0 Å². The molecule has 0 aliphatic rings. The van der Waals surface area contributed by atoms with Gasteiger partial charge in [0.2, 0.25) is 5.95 Å². The molecule has 0 unspecified atom stereocenters. The molecule has 0 spiro atoms. The zero-order chi connectivity index (χ0) is 31.8. The van der Waals surface area contributed by atoms with Gasteiger partial charge in [-0.05, 0) is 36.4 Å². The van der Waals surface area contributed by atoms with Gasteiger partial charge in [0, 0.05) is 63.4 Å². The highest BCUT2D eigenvalue weighted by molar-refractivity contribution is 7.26. The molecule has 5 aromatic heterocycles. The second-order valence-electron chi connectivity index (χ2n) is 12.9. The smallest absolute Gasteiger partial charge is 0.235 e. The summed E-state index contributed by atoms with van der Waals surface area (Å²) in [5.41, 5.74) is 8.82. The molecular weight excluding hydrogens is 617 g/mol. The van der Waals surface area contributed by atoms with Crippen LogP contribution in [-0.2, 0) is 0 Å². The van der Waals surface area contributed by atoms with Crippen LogP contribution in [0.5, 0.6) is 0 Å². The van der Waals surface area contributed by atoms with Gasteiger partial charge in [-0.2, -0.15) is 0 Å². The molecule has 5 heterocycles. The first-order valence-corrected chi connectivity index (χ1v) is 17.4. The highest BCUT2D eigenvalue weighted by Gasteiger charge is 2.26. The van der Waals surface area contributed by atoms with E-state index in [-0.39, 0.29) is 0 Å². The van der Waals surface area contributed by atoms with Crippen LogP contribution < -0.4 is 0 Å². The fourth-order valence-electron chi connectivity index (χ4n) is 8.53. The first kappa shape index (κ1) is 25.7. The number of benzene rings is 7. The molecule has 49 heavy (non-hydrogen) atoms. The minimum atomic E-state index is 0.678. The summed E-state index contributed by atoms with van der Waals surface area (Å²) in [5.74, 6) is 0.678. The molecule has 12 rings (SSSR count). The molecule has 0 fully saturated rings. The van der Waals surface area contributed by atoms with Crippen molar-refractivity contribution in [2.45, 2.75) is 0 Å². The number of aromatic nitrogens is 4. The lowest BCUT2D eigenvalue weighted by Crippen LogP contribution is -2.03. The van der Waals surface area contributed by atoms with Crippen molar-refractivity contribution in [3.8, 4) is 17.2 Å². The van der Waals surface area contributed by atoms with Crippen LogP contribution in [0.4, 0.5) is 0 Å². The molecule has 0 radical (unpaired) electrons. The van der Waals surface area contributed by atoms with Gasteiger partial charge in [-0.15, -0.1) is 11.3 Å². The van der Waals surface area contributed by atoms with Gasteiger partial charge in [0.1, 0.15) is 0 Å². The van der Waals surface area contributed by atoms with Crippen LogP contribution in [-0.4, -0.2) is 18.9 Å². The normalized spacial score (nSPS) is 12.5. The van der Waals surface area contributed by atoms with Crippen molar-refractivity contribution < 1.29 is 0 Å². The van der Waals surface area contributed by atoms with E-state index in [1.807, 2.05) is 11.3 Å². The van der Waals surface area contributed by atoms with Crippen molar-refractivity contribution in [3.05, 3.63) is 146 Å². The summed E-state index contributed by atoms with van der Waals surface area (Å²) >= 11 is 1.86. The number of rotatable bonds is 2. The van der Waals surface area contributed by atoms with Gasteiger partial charge >= 0.3 is 0 Å². The summed E-state index contributed by atoms with van der Waals surface area (Å²) in [5, 5.41) is 11.2. The van der Waals surface area contributed by atoms with E-state index in [1.165, 1.54) is 69.0 Å². The molecule has 0 aliphatic heterocycles. The van der Waals surface area contributed by atoms with E-state index in [0.717, 1.165) is 33.2 Å². The van der Waals surface area contributed by atoms with Crippen LogP contribution in [0.15, 0.2) is 146 Å². The Kier molecular flexibility index (Phi) is 4.83. The maximum absolute atomic E-state index is 5.41. The lowest BCUT2D eigenvalue weighted by atomic mass is 9.99. The Hall–Kier alpha value is -6.30. The summed E-state index contributed by atoms with van der Waals surface area (Å²) in [6.45, 7) is 0. The van der Waals surface area contributed by atoms with E-state index in [9.17, 15) is 0 Å². The van der Waals surface area contributed by atoms with E-state index in [4.69, 9.17) is 9.97 Å². The zero-order valence-electron chi connectivity index (χ0n) is 26.1. The van der Waals surface area contributed by atoms with Crippen molar-refractivity contribution in [1.82, 2.24) is 18.9 Å². The first-order valence-electron chi connectivity index (χ1n) is 16.6. The van der Waals surface area contributed by atoms with Crippen molar-refractivity contribution in [3.63, 3.8) is 0 Å². The Bertz CT molecular complexity index is 3330. The third-order valence-corrected chi connectivity index (χ3v) is 11.6. The van der Waals surface area contributed by atoms with Gasteiger partial charge in [-0.1, -0.05) is 109 Å². The topological polar surface area (TPSA) is 35.1 Å². The molecule has 226 valence electrons. The largest absolute Gasteiger partial charge is 0.308 e. The third kappa shape index (κ3) is 3.23. The lowest BCUT2D eigenvalue weighted by molar-refractivity contribution is 1.01. The zero-order valence-corrected chi connectivity index (χ0v) is 26.9. The molecule has 0 atom stereocenters. The molecule has 0 bridgehead atoms. The third-order valence-electron chi connectivity index (χ3n) is 10.4. The Morgan fingerprint density at radius 2 is 1.12 bits per heavy atom. The monoisotopic (exact) mass is 640 g/mol. The quantitative estimate of drug-likeness (QED) is 0.188. The van der Waals surface area contributed by atoms with Crippen LogP contribution >= 0.6 is 11.3 Å². The van der Waals surface area contributed by atoms with Crippen LogP contribution in [0.2, 0.25) is 0 Å².